The summed E-state index contributed by atoms with van der Waals surface area (Å²) in [6.45, 7) is 9.47. The molecule has 112 valence electrons. The van der Waals surface area contributed by atoms with E-state index in [1.54, 1.807) is 0 Å². The molecule has 1 fully saturated rings. The normalized spacial score (nSPS) is 21.1. The van der Waals surface area contributed by atoms with Crippen molar-refractivity contribution in [1.82, 2.24) is 4.90 Å². The molecule has 1 aliphatic heterocycles. The van der Waals surface area contributed by atoms with Gasteiger partial charge in [-0.25, -0.2) is 0 Å². The van der Waals surface area contributed by atoms with Gasteiger partial charge in [0.2, 0.25) is 0 Å². The number of morpholine rings is 1. The number of carbonyl (C=O) groups is 1. The van der Waals surface area contributed by atoms with Crippen molar-refractivity contribution in [2.24, 2.45) is 0 Å². The van der Waals surface area contributed by atoms with E-state index >= 15 is 0 Å². The zero-order chi connectivity index (χ0) is 14.8. The second kappa shape index (κ2) is 6.24. The third-order valence-corrected chi connectivity index (χ3v) is 5.02. The topological polar surface area (TPSA) is 49.8 Å². The molecule has 5 heteroatoms. The van der Waals surface area contributed by atoms with Gasteiger partial charge in [0.05, 0.1) is 19.6 Å². The van der Waals surface area contributed by atoms with Crippen molar-refractivity contribution in [3.05, 3.63) is 21.9 Å². The van der Waals surface area contributed by atoms with E-state index in [4.69, 9.17) is 9.84 Å². The SMILES string of the molecule is CC(C)(C)c1ccc(CN2CCOCC2CC(=O)O)s1. The van der Waals surface area contributed by atoms with Crippen molar-refractivity contribution in [2.75, 3.05) is 19.8 Å². The number of thiophene rings is 1. The number of aliphatic carboxylic acids is 1. The van der Waals surface area contributed by atoms with Gasteiger partial charge in [0.25, 0.3) is 0 Å². The van der Waals surface area contributed by atoms with Gasteiger partial charge in [-0.05, 0) is 17.5 Å². The average Bonchev–Trinajstić information content (AvgIpc) is 2.79. The largest absolute Gasteiger partial charge is 0.481 e. The molecule has 0 amide bonds. The first-order valence-corrected chi connectivity index (χ1v) is 7.80. The number of carboxylic acid groups (broad SMARTS) is 1. The molecule has 4 nitrogen and oxygen atoms in total. The highest BCUT2D eigenvalue weighted by atomic mass is 32.1. The first-order valence-electron chi connectivity index (χ1n) is 6.99. The summed E-state index contributed by atoms with van der Waals surface area (Å²) in [7, 11) is 0. The van der Waals surface area contributed by atoms with Gasteiger partial charge in [0.1, 0.15) is 0 Å². The molecule has 0 saturated carbocycles. The fourth-order valence-electron chi connectivity index (χ4n) is 2.35. The summed E-state index contributed by atoms with van der Waals surface area (Å²) in [5.74, 6) is -0.757. The number of carboxylic acids is 1. The Morgan fingerprint density at radius 3 is 2.85 bits per heavy atom. The van der Waals surface area contributed by atoms with E-state index in [0.717, 1.165) is 13.1 Å². The maximum absolute atomic E-state index is 10.9. The molecule has 1 N–H and O–H groups in total. The van der Waals surface area contributed by atoms with Crippen molar-refractivity contribution >= 4 is 17.3 Å². The molecule has 2 heterocycles. The highest BCUT2D eigenvalue weighted by molar-refractivity contribution is 7.12. The summed E-state index contributed by atoms with van der Waals surface area (Å²) in [5.41, 5.74) is 0.175. The summed E-state index contributed by atoms with van der Waals surface area (Å²) in [6, 6.07) is 4.34. The molecule has 2 rings (SSSR count). The predicted molar refractivity (Wildman–Crippen MR) is 80.3 cm³/mol. The molecule has 1 aromatic rings. The molecule has 0 spiro atoms. The van der Waals surface area contributed by atoms with Gasteiger partial charge in [-0.15, -0.1) is 11.3 Å². The van der Waals surface area contributed by atoms with Crippen LogP contribution in [0, 0.1) is 0 Å². The Bertz CT molecular complexity index is 464. The lowest BCUT2D eigenvalue weighted by Crippen LogP contribution is -2.45. The zero-order valence-electron chi connectivity index (χ0n) is 12.4. The van der Waals surface area contributed by atoms with E-state index in [1.165, 1.54) is 9.75 Å². The minimum atomic E-state index is -0.757. The van der Waals surface area contributed by atoms with E-state index in [0.29, 0.717) is 13.2 Å². The van der Waals surface area contributed by atoms with E-state index < -0.39 is 5.97 Å². The molecule has 1 atom stereocenters. The standard InChI is InChI=1S/C15H23NO3S/c1-15(2,3)13-5-4-12(20-13)9-16-6-7-19-10-11(16)8-14(17)18/h4-5,11H,6-10H2,1-3H3,(H,17,18). The van der Waals surface area contributed by atoms with Gasteiger partial charge in [-0.1, -0.05) is 20.8 Å². The minimum Gasteiger partial charge on any atom is -0.481 e. The van der Waals surface area contributed by atoms with Crippen molar-refractivity contribution < 1.29 is 14.6 Å². The van der Waals surface area contributed by atoms with Crippen LogP contribution in [0.25, 0.3) is 0 Å². The lowest BCUT2D eigenvalue weighted by atomic mass is 9.95. The summed E-state index contributed by atoms with van der Waals surface area (Å²) in [4.78, 5) is 15.8. The quantitative estimate of drug-likeness (QED) is 0.928. The fraction of sp³-hybridized carbons (Fsp3) is 0.667. The van der Waals surface area contributed by atoms with Gasteiger partial charge in [-0.2, -0.15) is 0 Å². The van der Waals surface area contributed by atoms with Crippen molar-refractivity contribution in [3.8, 4) is 0 Å². The van der Waals surface area contributed by atoms with Gasteiger partial charge in [-0.3, -0.25) is 9.69 Å². The second-order valence-electron chi connectivity index (χ2n) is 6.31. The molecule has 20 heavy (non-hydrogen) atoms. The Labute approximate surface area is 124 Å². The van der Waals surface area contributed by atoms with Crippen molar-refractivity contribution in [2.45, 2.75) is 45.2 Å². The van der Waals surface area contributed by atoms with Crippen LogP contribution >= 0.6 is 11.3 Å². The highest BCUT2D eigenvalue weighted by Gasteiger charge is 2.26. The van der Waals surface area contributed by atoms with Gasteiger partial charge in [0, 0.05) is 28.9 Å². The number of ether oxygens (including phenoxy) is 1. The first kappa shape index (κ1) is 15.5. The number of rotatable bonds is 4. The van der Waals surface area contributed by atoms with E-state index in [9.17, 15) is 4.79 Å². The highest BCUT2D eigenvalue weighted by Crippen LogP contribution is 2.30. The molecule has 0 aliphatic carbocycles. The van der Waals surface area contributed by atoms with E-state index in [-0.39, 0.29) is 17.9 Å². The summed E-state index contributed by atoms with van der Waals surface area (Å²) in [5, 5.41) is 8.98. The Hall–Kier alpha value is -0.910. The molecule has 0 bridgehead atoms. The molecular formula is C15H23NO3S. The fourth-order valence-corrected chi connectivity index (χ4v) is 3.44. The summed E-state index contributed by atoms with van der Waals surface area (Å²) < 4.78 is 5.41. The van der Waals surface area contributed by atoms with Crippen LogP contribution in [-0.2, 0) is 21.5 Å². The lowest BCUT2D eigenvalue weighted by molar-refractivity contribution is -0.140. The van der Waals surface area contributed by atoms with Crippen LogP contribution in [0.3, 0.4) is 0 Å². The van der Waals surface area contributed by atoms with Gasteiger partial charge in [0.15, 0.2) is 0 Å². The maximum Gasteiger partial charge on any atom is 0.305 e. The molecule has 1 saturated heterocycles. The van der Waals surface area contributed by atoms with Crippen LogP contribution in [-0.4, -0.2) is 41.8 Å². The third kappa shape index (κ3) is 4.04. The molecule has 1 aromatic heterocycles. The monoisotopic (exact) mass is 297 g/mol. The molecule has 0 aromatic carbocycles. The third-order valence-electron chi connectivity index (χ3n) is 3.52. The Morgan fingerprint density at radius 2 is 2.25 bits per heavy atom. The van der Waals surface area contributed by atoms with Crippen LogP contribution in [0.2, 0.25) is 0 Å². The Balaban J connectivity index is 2.03. The Morgan fingerprint density at radius 1 is 1.50 bits per heavy atom. The van der Waals surface area contributed by atoms with Crippen LogP contribution in [0.5, 0.6) is 0 Å². The minimum absolute atomic E-state index is 0.0126. The molecule has 0 radical (unpaired) electrons. The van der Waals surface area contributed by atoms with Crippen LogP contribution in [0.4, 0.5) is 0 Å². The molecular weight excluding hydrogens is 274 g/mol. The predicted octanol–water partition coefficient (Wildman–Crippen LogP) is 2.72. The molecule has 1 unspecified atom stereocenters. The summed E-state index contributed by atoms with van der Waals surface area (Å²) in [6.07, 6.45) is 0.150. The second-order valence-corrected chi connectivity index (χ2v) is 7.48. The average molecular weight is 297 g/mol. The van der Waals surface area contributed by atoms with Gasteiger partial charge >= 0.3 is 5.97 Å². The maximum atomic E-state index is 10.9. The van der Waals surface area contributed by atoms with Crippen LogP contribution in [0.1, 0.15) is 36.9 Å². The summed E-state index contributed by atoms with van der Waals surface area (Å²) >= 11 is 1.82. The number of nitrogens with zero attached hydrogens (tertiary/aromatic N) is 1. The van der Waals surface area contributed by atoms with E-state index in [2.05, 4.69) is 37.8 Å². The van der Waals surface area contributed by atoms with Crippen molar-refractivity contribution in [3.63, 3.8) is 0 Å². The number of hydrogen-bond acceptors (Lipinski definition) is 4. The molecule has 1 aliphatic rings. The Kier molecular flexibility index (Phi) is 4.83. The lowest BCUT2D eigenvalue weighted by Gasteiger charge is -2.34. The first-order chi connectivity index (χ1) is 9.36. The van der Waals surface area contributed by atoms with Gasteiger partial charge < -0.3 is 9.84 Å². The smallest absolute Gasteiger partial charge is 0.305 e. The zero-order valence-corrected chi connectivity index (χ0v) is 13.2. The number of hydrogen-bond donors (Lipinski definition) is 1. The van der Waals surface area contributed by atoms with E-state index in [1.807, 2.05) is 11.3 Å². The van der Waals surface area contributed by atoms with Crippen molar-refractivity contribution in [1.29, 1.82) is 0 Å². The van der Waals surface area contributed by atoms with Crippen LogP contribution < -0.4 is 0 Å². The van der Waals surface area contributed by atoms with Crippen LogP contribution in [0.15, 0.2) is 12.1 Å².